The number of hydrogen-bond acceptors (Lipinski definition) is 4. The lowest BCUT2D eigenvalue weighted by atomic mass is 9.90. The second kappa shape index (κ2) is 5.78. The minimum absolute atomic E-state index is 0.300. The number of rotatable bonds is 6. The zero-order valence-corrected chi connectivity index (χ0v) is 12.9. The number of nitrogens with one attached hydrogen (secondary N) is 1. The quantitative estimate of drug-likeness (QED) is 0.842. The monoisotopic (exact) mass is 278 g/mol. The second-order valence-electron chi connectivity index (χ2n) is 5.45. The fourth-order valence-electron chi connectivity index (χ4n) is 1.68. The van der Waals surface area contributed by atoms with Gasteiger partial charge in [-0.1, -0.05) is 32.1 Å². The van der Waals surface area contributed by atoms with Gasteiger partial charge in [0.05, 0.1) is 16.8 Å². The van der Waals surface area contributed by atoms with Crippen molar-refractivity contribution in [3.8, 4) is 5.75 Å². The highest BCUT2D eigenvalue weighted by Crippen LogP contribution is 2.30. The van der Waals surface area contributed by atoms with Crippen LogP contribution in [0.4, 0.5) is 5.13 Å². The lowest BCUT2D eigenvalue weighted by Crippen LogP contribution is -2.21. The van der Waals surface area contributed by atoms with E-state index in [0.717, 1.165) is 29.4 Å². The normalized spacial score (nSPS) is 11.8. The van der Waals surface area contributed by atoms with E-state index in [4.69, 9.17) is 4.74 Å². The highest BCUT2D eigenvalue weighted by Gasteiger charge is 2.15. The Morgan fingerprint density at radius 2 is 2.11 bits per heavy atom. The average Bonchev–Trinajstić information content (AvgIpc) is 2.79. The van der Waals surface area contributed by atoms with Gasteiger partial charge in [0.2, 0.25) is 0 Å². The molecule has 0 fully saturated rings. The Balaban J connectivity index is 2.13. The Bertz CT molecular complexity index is 548. The first-order valence-electron chi connectivity index (χ1n) is 6.81. The van der Waals surface area contributed by atoms with Crippen LogP contribution in [0.15, 0.2) is 18.2 Å². The van der Waals surface area contributed by atoms with E-state index < -0.39 is 0 Å². The summed E-state index contributed by atoms with van der Waals surface area (Å²) in [6.45, 7) is 10.4. The number of fused-ring (bicyclic) bond motifs is 1. The SMILES string of the molecule is CCOc1ccc2nc(NCC(C)(C)CC)sc2c1. The first-order valence-corrected chi connectivity index (χ1v) is 7.63. The number of ether oxygens (including phenoxy) is 1. The largest absolute Gasteiger partial charge is 0.494 e. The molecule has 2 aromatic rings. The van der Waals surface area contributed by atoms with Crippen LogP contribution in [0.1, 0.15) is 34.1 Å². The minimum atomic E-state index is 0.300. The Kier molecular flexibility index (Phi) is 4.30. The van der Waals surface area contributed by atoms with E-state index >= 15 is 0 Å². The van der Waals surface area contributed by atoms with Gasteiger partial charge in [-0.3, -0.25) is 0 Å². The number of anilines is 1. The second-order valence-corrected chi connectivity index (χ2v) is 6.48. The predicted octanol–water partition coefficient (Wildman–Crippen LogP) is 4.54. The van der Waals surface area contributed by atoms with Crippen molar-refractivity contribution in [1.82, 2.24) is 4.98 Å². The van der Waals surface area contributed by atoms with E-state index in [1.165, 1.54) is 4.70 Å². The molecule has 0 saturated carbocycles. The number of hydrogen-bond donors (Lipinski definition) is 1. The molecule has 19 heavy (non-hydrogen) atoms. The third-order valence-corrected chi connectivity index (χ3v) is 4.32. The maximum absolute atomic E-state index is 5.51. The Morgan fingerprint density at radius 3 is 2.79 bits per heavy atom. The van der Waals surface area contributed by atoms with Crippen LogP contribution in [0.2, 0.25) is 0 Å². The molecule has 104 valence electrons. The van der Waals surface area contributed by atoms with Crippen molar-refractivity contribution in [3.05, 3.63) is 18.2 Å². The highest BCUT2D eigenvalue weighted by molar-refractivity contribution is 7.22. The van der Waals surface area contributed by atoms with Crippen LogP contribution in [0.3, 0.4) is 0 Å². The van der Waals surface area contributed by atoms with Gasteiger partial charge in [0, 0.05) is 6.54 Å². The number of aromatic nitrogens is 1. The van der Waals surface area contributed by atoms with Crippen molar-refractivity contribution >= 4 is 26.7 Å². The van der Waals surface area contributed by atoms with Gasteiger partial charge < -0.3 is 10.1 Å². The summed E-state index contributed by atoms with van der Waals surface area (Å²) in [5.74, 6) is 0.916. The number of benzene rings is 1. The summed E-state index contributed by atoms with van der Waals surface area (Å²) < 4.78 is 6.68. The van der Waals surface area contributed by atoms with Crippen LogP contribution in [-0.4, -0.2) is 18.1 Å². The molecule has 0 aliphatic carbocycles. The molecule has 1 heterocycles. The van der Waals surface area contributed by atoms with Crippen LogP contribution < -0.4 is 10.1 Å². The van der Waals surface area contributed by atoms with Crippen molar-refractivity contribution in [2.24, 2.45) is 5.41 Å². The van der Waals surface area contributed by atoms with Crippen LogP contribution in [0, 0.1) is 5.41 Å². The summed E-state index contributed by atoms with van der Waals surface area (Å²) in [6.07, 6.45) is 1.15. The molecule has 0 radical (unpaired) electrons. The van der Waals surface area contributed by atoms with Crippen molar-refractivity contribution < 1.29 is 4.74 Å². The molecular weight excluding hydrogens is 256 g/mol. The first kappa shape index (κ1) is 14.1. The molecule has 1 aromatic carbocycles. The standard InChI is InChI=1S/C15H22N2OS/c1-5-15(3,4)10-16-14-17-12-8-7-11(18-6-2)9-13(12)19-14/h7-9H,5-6,10H2,1-4H3,(H,16,17). The molecule has 4 heteroatoms. The third-order valence-electron chi connectivity index (χ3n) is 3.35. The van der Waals surface area contributed by atoms with Crippen molar-refractivity contribution in [3.63, 3.8) is 0 Å². The van der Waals surface area contributed by atoms with E-state index in [9.17, 15) is 0 Å². The molecule has 1 aromatic heterocycles. The van der Waals surface area contributed by atoms with Gasteiger partial charge in [-0.15, -0.1) is 0 Å². The summed E-state index contributed by atoms with van der Waals surface area (Å²) >= 11 is 1.69. The number of nitrogens with zero attached hydrogens (tertiary/aromatic N) is 1. The van der Waals surface area contributed by atoms with Crippen molar-refractivity contribution in [2.45, 2.75) is 34.1 Å². The smallest absolute Gasteiger partial charge is 0.183 e. The summed E-state index contributed by atoms with van der Waals surface area (Å²) in [4.78, 5) is 4.60. The van der Waals surface area contributed by atoms with Gasteiger partial charge in [-0.25, -0.2) is 4.98 Å². The van der Waals surface area contributed by atoms with Crippen LogP contribution in [0.5, 0.6) is 5.75 Å². The highest BCUT2D eigenvalue weighted by atomic mass is 32.1. The molecule has 0 atom stereocenters. The van der Waals surface area contributed by atoms with E-state index in [-0.39, 0.29) is 0 Å². The van der Waals surface area contributed by atoms with Gasteiger partial charge in [-0.2, -0.15) is 0 Å². The van der Waals surface area contributed by atoms with Gasteiger partial charge >= 0.3 is 0 Å². The molecular formula is C15H22N2OS. The summed E-state index contributed by atoms with van der Waals surface area (Å²) in [5.41, 5.74) is 1.33. The van der Waals surface area contributed by atoms with Gasteiger partial charge in [0.25, 0.3) is 0 Å². The van der Waals surface area contributed by atoms with Crippen LogP contribution in [-0.2, 0) is 0 Å². The summed E-state index contributed by atoms with van der Waals surface area (Å²) in [7, 11) is 0. The molecule has 0 amide bonds. The first-order chi connectivity index (χ1) is 9.04. The lowest BCUT2D eigenvalue weighted by Gasteiger charge is -2.22. The Hall–Kier alpha value is -1.29. The van der Waals surface area contributed by atoms with E-state index in [1.54, 1.807) is 11.3 Å². The van der Waals surface area contributed by atoms with Crippen LogP contribution >= 0.6 is 11.3 Å². The van der Waals surface area contributed by atoms with Gasteiger partial charge in [-0.05, 0) is 37.0 Å². The topological polar surface area (TPSA) is 34.1 Å². The van der Waals surface area contributed by atoms with Crippen molar-refractivity contribution in [2.75, 3.05) is 18.5 Å². The van der Waals surface area contributed by atoms with E-state index in [1.807, 2.05) is 19.1 Å². The zero-order valence-electron chi connectivity index (χ0n) is 12.1. The maximum atomic E-state index is 5.51. The maximum Gasteiger partial charge on any atom is 0.183 e. The lowest BCUT2D eigenvalue weighted by molar-refractivity contribution is 0.341. The molecule has 0 saturated heterocycles. The average molecular weight is 278 g/mol. The molecule has 2 rings (SSSR count). The van der Waals surface area contributed by atoms with E-state index in [0.29, 0.717) is 12.0 Å². The molecule has 0 spiro atoms. The molecule has 0 aliphatic rings. The summed E-state index contributed by atoms with van der Waals surface area (Å²) in [5, 5.41) is 4.43. The third kappa shape index (κ3) is 3.60. The van der Waals surface area contributed by atoms with Gasteiger partial charge in [0.1, 0.15) is 5.75 Å². The fourth-order valence-corrected chi connectivity index (χ4v) is 2.57. The van der Waals surface area contributed by atoms with Crippen molar-refractivity contribution in [1.29, 1.82) is 0 Å². The molecule has 1 N–H and O–H groups in total. The molecule has 3 nitrogen and oxygen atoms in total. The van der Waals surface area contributed by atoms with E-state index in [2.05, 4.69) is 37.1 Å². The predicted molar refractivity (Wildman–Crippen MR) is 83.4 cm³/mol. The number of thiazole rings is 1. The Labute approximate surface area is 119 Å². The fraction of sp³-hybridized carbons (Fsp3) is 0.533. The Morgan fingerprint density at radius 1 is 1.32 bits per heavy atom. The van der Waals surface area contributed by atoms with Gasteiger partial charge in [0.15, 0.2) is 5.13 Å². The zero-order chi connectivity index (χ0) is 13.9. The molecule has 0 aliphatic heterocycles. The van der Waals surface area contributed by atoms with Crippen LogP contribution in [0.25, 0.3) is 10.2 Å². The molecule has 0 bridgehead atoms. The minimum Gasteiger partial charge on any atom is -0.494 e. The molecule has 0 unspecified atom stereocenters. The summed E-state index contributed by atoms with van der Waals surface area (Å²) in [6, 6.07) is 6.06.